The molecule has 1 amide bonds. The van der Waals surface area contributed by atoms with Gasteiger partial charge in [0.25, 0.3) is 0 Å². The van der Waals surface area contributed by atoms with E-state index in [4.69, 9.17) is 5.26 Å². The van der Waals surface area contributed by atoms with Gasteiger partial charge in [0, 0.05) is 14.1 Å². The smallest absolute Gasteiger partial charge is 0.376 e. The average Bonchev–Trinajstić information content (AvgIpc) is 2.27. The summed E-state index contributed by atoms with van der Waals surface area (Å²) < 4.78 is 37.8. The molecule has 0 aliphatic heterocycles. The number of rotatable bonds is 3. The lowest BCUT2D eigenvalue weighted by Gasteiger charge is -2.19. The number of carbonyl (C=O) groups excluding carboxylic acids is 1. The van der Waals surface area contributed by atoms with E-state index in [1.54, 1.807) is 25.1 Å². The molecule has 0 fully saturated rings. The quantitative estimate of drug-likeness (QED) is 0.919. The molecule has 0 aliphatic carbocycles. The zero-order valence-electron chi connectivity index (χ0n) is 10.4. The van der Waals surface area contributed by atoms with Gasteiger partial charge in [0.05, 0.1) is 23.0 Å². The van der Waals surface area contributed by atoms with Crippen molar-refractivity contribution in [1.29, 1.82) is 5.26 Å². The van der Waals surface area contributed by atoms with E-state index in [9.17, 15) is 18.0 Å². The molecular formula is C12H12F3N3O. The highest BCUT2D eigenvalue weighted by atomic mass is 19.4. The molecule has 19 heavy (non-hydrogen) atoms. The summed E-state index contributed by atoms with van der Waals surface area (Å²) in [5.41, 5.74) is -0.398. The van der Waals surface area contributed by atoms with Crippen LogP contribution in [0, 0.1) is 11.3 Å². The van der Waals surface area contributed by atoms with Crippen molar-refractivity contribution in [2.45, 2.75) is 12.6 Å². The lowest BCUT2D eigenvalue weighted by molar-refractivity contribution is -0.137. The van der Waals surface area contributed by atoms with E-state index in [-0.39, 0.29) is 5.69 Å². The van der Waals surface area contributed by atoms with E-state index in [2.05, 4.69) is 5.32 Å². The zero-order chi connectivity index (χ0) is 14.6. The number of hydrogen-bond acceptors (Lipinski definition) is 3. The van der Waals surface area contributed by atoms with E-state index < -0.39 is 24.1 Å². The summed E-state index contributed by atoms with van der Waals surface area (Å²) in [4.78, 5) is 12.9. The molecule has 0 spiro atoms. The van der Waals surface area contributed by atoms with Crippen LogP contribution >= 0.6 is 0 Å². The predicted octanol–water partition coefficient (Wildman–Crippen LogP) is 2.62. The van der Waals surface area contributed by atoms with Gasteiger partial charge in [0.1, 0.15) is 6.42 Å². The van der Waals surface area contributed by atoms with Gasteiger partial charge in [-0.15, -0.1) is 0 Å². The SMILES string of the molecule is CN(C)c1ccc(C(F)(F)F)cc1NC(=O)CC#N. The van der Waals surface area contributed by atoms with Gasteiger partial charge in [-0.1, -0.05) is 0 Å². The third kappa shape index (κ3) is 3.88. The molecule has 1 aromatic carbocycles. The molecule has 0 radical (unpaired) electrons. The van der Waals surface area contributed by atoms with Crippen LogP contribution in [0.1, 0.15) is 12.0 Å². The molecule has 102 valence electrons. The summed E-state index contributed by atoms with van der Waals surface area (Å²) in [5.74, 6) is -0.648. The fourth-order valence-electron chi connectivity index (χ4n) is 1.47. The molecule has 0 aliphatic rings. The molecule has 0 saturated heterocycles. The average molecular weight is 271 g/mol. The minimum absolute atomic E-state index is 0.0278. The topological polar surface area (TPSA) is 56.1 Å². The molecule has 1 aromatic rings. The van der Waals surface area contributed by atoms with E-state index in [1.807, 2.05) is 0 Å². The largest absolute Gasteiger partial charge is 0.416 e. The van der Waals surface area contributed by atoms with Crippen LogP contribution in [-0.4, -0.2) is 20.0 Å². The number of nitrogens with one attached hydrogen (secondary N) is 1. The first kappa shape index (κ1) is 14.8. The van der Waals surface area contributed by atoms with Crippen LogP contribution in [0.25, 0.3) is 0 Å². The van der Waals surface area contributed by atoms with Gasteiger partial charge in [0.2, 0.25) is 5.91 Å². The van der Waals surface area contributed by atoms with E-state index in [0.29, 0.717) is 5.69 Å². The Labute approximate surface area is 108 Å². The van der Waals surface area contributed by atoms with Crippen molar-refractivity contribution in [3.63, 3.8) is 0 Å². The van der Waals surface area contributed by atoms with Crippen molar-refractivity contribution >= 4 is 17.3 Å². The second-order valence-corrected chi connectivity index (χ2v) is 4.01. The second kappa shape index (κ2) is 5.61. The van der Waals surface area contributed by atoms with Crippen molar-refractivity contribution in [3.8, 4) is 6.07 Å². The standard InChI is InChI=1S/C12H12F3N3O/c1-18(2)10-4-3-8(12(13,14)15)7-9(10)17-11(19)5-6-16/h3-4,7H,5H2,1-2H3,(H,17,19). The van der Waals surface area contributed by atoms with Crippen LogP contribution in [0.4, 0.5) is 24.5 Å². The molecule has 0 bridgehead atoms. The van der Waals surface area contributed by atoms with E-state index in [0.717, 1.165) is 12.1 Å². The lowest BCUT2D eigenvalue weighted by Crippen LogP contribution is -2.17. The third-order valence-corrected chi connectivity index (χ3v) is 2.32. The molecule has 0 heterocycles. The first-order chi connectivity index (χ1) is 8.75. The summed E-state index contributed by atoms with van der Waals surface area (Å²) in [7, 11) is 3.28. The lowest BCUT2D eigenvalue weighted by atomic mass is 10.1. The van der Waals surface area contributed by atoms with Crippen LogP contribution in [0.5, 0.6) is 0 Å². The monoisotopic (exact) mass is 271 g/mol. The van der Waals surface area contributed by atoms with Crippen LogP contribution in [0.2, 0.25) is 0 Å². The molecular weight excluding hydrogens is 259 g/mol. The second-order valence-electron chi connectivity index (χ2n) is 4.01. The summed E-state index contributed by atoms with van der Waals surface area (Å²) in [6.07, 6.45) is -4.90. The number of amides is 1. The maximum atomic E-state index is 12.6. The van der Waals surface area contributed by atoms with Crippen LogP contribution in [-0.2, 0) is 11.0 Å². The molecule has 0 saturated carbocycles. The minimum atomic E-state index is -4.49. The van der Waals surface area contributed by atoms with Crippen LogP contribution < -0.4 is 10.2 Å². The van der Waals surface area contributed by atoms with Crippen molar-refractivity contribution in [1.82, 2.24) is 0 Å². The van der Waals surface area contributed by atoms with Gasteiger partial charge < -0.3 is 10.2 Å². The minimum Gasteiger partial charge on any atom is -0.376 e. The Morgan fingerprint density at radius 2 is 2.05 bits per heavy atom. The summed E-state index contributed by atoms with van der Waals surface area (Å²) >= 11 is 0. The van der Waals surface area contributed by atoms with E-state index >= 15 is 0 Å². The zero-order valence-corrected chi connectivity index (χ0v) is 10.4. The third-order valence-electron chi connectivity index (χ3n) is 2.32. The number of carbonyl (C=O) groups is 1. The Morgan fingerprint density at radius 3 is 2.53 bits per heavy atom. The highest BCUT2D eigenvalue weighted by molar-refractivity contribution is 5.95. The Bertz CT molecular complexity index is 518. The van der Waals surface area contributed by atoms with Gasteiger partial charge in [-0.05, 0) is 18.2 Å². The van der Waals surface area contributed by atoms with Gasteiger partial charge >= 0.3 is 6.18 Å². The molecule has 7 heteroatoms. The van der Waals surface area contributed by atoms with Crippen molar-refractivity contribution in [2.24, 2.45) is 0 Å². The number of benzene rings is 1. The number of nitriles is 1. The fourth-order valence-corrected chi connectivity index (χ4v) is 1.47. The molecule has 4 nitrogen and oxygen atoms in total. The fraction of sp³-hybridized carbons (Fsp3) is 0.333. The van der Waals surface area contributed by atoms with Crippen molar-refractivity contribution < 1.29 is 18.0 Å². The Hall–Kier alpha value is -2.23. The number of nitrogens with zero attached hydrogens (tertiary/aromatic N) is 2. The maximum Gasteiger partial charge on any atom is 0.416 e. The van der Waals surface area contributed by atoms with E-state index in [1.165, 1.54) is 6.07 Å². The number of alkyl halides is 3. The number of hydrogen-bond donors (Lipinski definition) is 1. The normalized spacial score (nSPS) is 10.7. The highest BCUT2D eigenvalue weighted by Crippen LogP contribution is 2.34. The van der Waals surface area contributed by atoms with Crippen molar-refractivity contribution in [3.05, 3.63) is 23.8 Å². The molecule has 1 rings (SSSR count). The summed E-state index contributed by atoms with van der Waals surface area (Å²) in [6, 6.07) is 4.69. The molecule has 0 aromatic heterocycles. The molecule has 0 atom stereocenters. The Morgan fingerprint density at radius 1 is 1.42 bits per heavy atom. The highest BCUT2D eigenvalue weighted by Gasteiger charge is 2.31. The Kier molecular flexibility index (Phi) is 4.38. The van der Waals surface area contributed by atoms with Gasteiger partial charge in [0.15, 0.2) is 0 Å². The first-order valence-corrected chi connectivity index (χ1v) is 5.31. The Balaban J connectivity index is 3.17. The summed E-state index contributed by atoms with van der Waals surface area (Å²) in [5, 5.41) is 10.7. The van der Waals surface area contributed by atoms with Crippen LogP contribution in [0.15, 0.2) is 18.2 Å². The number of anilines is 2. The maximum absolute atomic E-state index is 12.6. The van der Waals surface area contributed by atoms with Gasteiger partial charge in [-0.25, -0.2) is 0 Å². The summed E-state index contributed by atoms with van der Waals surface area (Å²) in [6.45, 7) is 0. The number of halogens is 3. The van der Waals surface area contributed by atoms with Crippen molar-refractivity contribution in [2.75, 3.05) is 24.3 Å². The molecule has 1 N–H and O–H groups in total. The predicted molar refractivity (Wildman–Crippen MR) is 64.6 cm³/mol. The first-order valence-electron chi connectivity index (χ1n) is 5.31. The molecule has 0 unspecified atom stereocenters. The van der Waals surface area contributed by atoms with Gasteiger partial charge in [-0.3, -0.25) is 4.79 Å². The van der Waals surface area contributed by atoms with Gasteiger partial charge in [-0.2, -0.15) is 18.4 Å². The van der Waals surface area contributed by atoms with Crippen LogP contribution in [0.3, 0.4) is 0 Å².